The van der Waals surface area contributed by atoms with Gasteiger partial charge in [0.25, 0.3) is 0 Å². The van der Waals surface area contributed by atoms with Gasteiger partial charge in [-0.1, -0.05) is 258 Å². The quantitative estimate of drug-likeness (QED) is 0.0491. The highest BCUT2D eigenvalue weighted by Gasteiger charge is 2.11. The normalized spacial score (nSPS) is 12.8. The minimum absolute atomic E-state index is 0.791. The van der Waals surface area contributed by atoms with Crippen molar-refractivity contribution < 1.29 is 0 Å². The van der Waals surface area contributed by atoms with E-state index in [0.717, 1.165) is 5.92 Å². The van der Waals surface area contributed by atoms with Crippen molar-refractivity contribution >= 4 is 8.07 Å². The summed E-state index contributed by atoms with van der Waals surface area (Å²) in [5, 5.41) is 0. The molecule has 1 unspecified atom stereocenters. The maximum absolute atomic E-state index is 2.51. The summed E-state index contributed by atoms with van der Waals surface area (Å²) in [5.41, 5.74) is 0. The Balaban J connectivity index is 3.68. The highest BCUT2D eigenvalue weighted by atomic mass is 28.3. The fourth-order valence-electron chi connectivity index (χ4n) is 6.95. The Labute approximate surface area is 271 Å². The van der Waals surface area contributed by atoms with E-state index >= 15 is 0 Å². The Kier molecular flexibility index (Phi) is 34.3. The first-order valence-electron chi connectivity index (χ1n) is 20.5. The third-order valence-corrected chi connectivity index (χ3v) is 11.8. The fraction of sp³-hybridized carbons (Fsp3) is 1.00. The van der Waals surface area contributed by atoms with Crippen LogP contribution in [0.3, 0.4) is 0 Å². The van der Waals surface area contributed by atoms with Gasteiger partial charge in [0.1, 0.15) is 0 Å². The molecule has 0 rings (SSSR count). The molecule has 254 valence electrons. The number of hydrogen-bond donors (Lipinski definition) is 0. The molecule has 0 spiro atoms. The molecule has 0 aliphatic rings. The predicted octanol–water partition coefficient (Wildman–Crippen LogP) is 16.2. The maximum Gasteiger partial charge on any atom is 0.0442 e. The van der Waals surface area contributed by atoms with E-state index in [9.17, 15) is 0 Å². The number of hydrogen-bond acceptors (Lipinski definition) is 0. The lowest BCUT2D eigenvalue weighted by molar-refractivity contribution is 0.365. The third kappa shape index (κ3) is 36.4. The summed E-state index contributed by atoms with van der Waals surface area (Å²) in [5.74, 6) is 1.04. The zero-order chi connectivity index (χ0) is 30.8. The van der Waals surface area contributed by atoms with Crippen LogP contribution in [0, 0.1) is 5.92 Å². The highest BCUT2D eigenvalue weighted by molar-refractivity contribution is 6.76. The van der Waals surface area contributed by atoms with Crippen LogP contribution in [0.15, 0.2) is 0 Å². The molecule has 0 nitrogen and oxygen atoms in total. The zero-order valence-corrected chi connectivity index (χ0v) is 31.8. The minimum atomic E-state index is -0.791. The van der Waals surface area contributed by atoms with Crippen LogP contribution in [-0.4, -0.2) is 8.07 Å². The molecule has 0 amide bonds. The van der Waals surface area contributed by atoms with E-state index in [2.05, 4.69) is 33.5 Å². The van der Waals surface area contributed by atoms with Crippen molar-refractivity contribution in [1.82, 2.24) is 0 Å². The highest BCUT2D eigenvalue weighted by Crippen LogP contribution is 2.25. The summed E-state index contributed by atoms with van der Waals surface area (Å²) >= 11 is 0. The van der Waals surface area contributed by atoms with Crippen molar-refractivity contribution in [2.24, 2.45) is 5.92 Å². The van der Waals surface area contributed by atoms with Gasteiger partial charge < -0.3 is 0 Å². The van der Waals surface area contributed by atoms with Crippen LogP contribution in [0.1, 0.15) is 232 Å². The summed E-state index contributed by atoms with van der Waals surface area (Å²) < 4.78 is 0. The molecule has 0 saturated heterocycles. The van der Waals surface area contributed by atoms with Crippen LogP contribution in [0.5, 0.6) is 0 Å². The van der Waals surface area contributed by atoms with Crippen molar-refractivity contribution in [3.05, 3.63) is 0 Å². The molecule has 1 atom stereocenters. The van der Waals surface area contributed by atoms with Gasteiger partial charge in [0.2, 0.25) is 0 Å². The predicted molar refractivity (Wildman–Crippen MR) is 200 cm³/mol. The van der Waals surface area contributed by atoms with Crippen LogP contribution < -0.4 is 0 Å². The van der Waals surface area contributed by atoms with Crippen LogP contribution >= 0.6 is 0 Å². The molecule has 0 aliphatic heterocycles. The molecule has 0 saturated carbocycles. The van der Waals surface area contributed by atoms with E-state index in [4.69, 9.17) is 0 Å². The second kappa shape index (κ2) is 34.1. The maximum atomic E-state index is 2.51. The molecule has 0 heterocycles. The van der Waals surface area contributed by atoms with Crippen molar-refractivity contribution in [2.75, 3.05) is 0 Å². The van der Waals surface area contributed by atoms with Gasteiger partial charge in [-0.25, -0.2) is 0 Å². The van der Waals surface area contributed by atoms with Crippen molar-refractivity contribution in [3.8, 4) is 0 Å². The van der Waals surface area contributed by atoms with E-state index < -0.39 is 8.07 Å². The van der Waals surface area contributed by atoms with E-state index in [1.54, 1.807) is 0 Å². The number of rotatable bonds is 36. The smallest absolute Gasteiger partial charge is 0.0442 e. The summed E-state index contributed by atoms with van der Waals surface area (Å²) in [4.78, 5) is 0. The van der Waals surface area contributed by atoms with Crippen LogP contribution in [0.25, 0.3) is 0 Å². The standard InChI is InChI=1S/C41H86Si/c1-6-8-10-12-14-26-30-34-38-41(37-33-29-25-13-11-9-7-2)39-35-31-27-23-21-19-17-15-16-18-20-22-24-28-32-36-40-42(3,4)5/h41H,6-40H2,1-5H3. The van der Waals surface area contributed by atoms with Crippen molar-refractivity contribution in [3.63, 3.8) is 0 Å². The van der Waals surface area contributed by atoms with Gasteiger partial charge in [-0.3, -0.25) is 0 Å². The molecule has 0 radical (unpaired) electrons. The van der Waals surface area contributed by atoms with Crippen molar-refractivity contribution in [1.29, 1.82) is 0 Å². The first-order valence-corrected chi connectivity index (χ1v) is 24.2. The van der Waals surface area contributed by atoms with Gasteiger partial charge in [0, 0.05) is 8.07 Å². The molecular weight excluding hydrogens is 521 g/mol. The van der Waals surface area contributed by atoms with Gasteiger partial charge in [-0.2, -0.15) is 0 Å². The lowest BCUT2D eigenvalue weighted by Crippen LogP contribution is -2.18. The van der Waals surface area contributed by atoms with Crippen LogP contribution in [-0.2, 0) is 0 Å². The second-order valence-corrected chi connectivity index (χ2v) is 21.4. The average molecular weight is 607 g/mol. The molecule has 1 heteroatoms. The average Bonchev–Trinajstić information content (AvgIpc) is 2.96. The first-order chi connectivity index (χ1) is 20.5. The lowest BCUT2D eigenvalue weighted by atomic mass is 9.89. The van der Waals surface area contributed by atoms with Crippen LogP contribution in [0.4, 0.5) is 0 Å². The largest absolute Gasteiger partial charge is 0.0695 e. The molecule has 0 aromatic heterocycles. The summed E-state index contributed by atoms with van der Waals surface area (Å²) in [6.07, 6.45) is 50.5. The van der Waals surface area contributed by atoms with E-state index in [0.29, 0.717) is 0 Å². The van der Waals surface area contributed by atoms with Crippen LogP contribution in [0.2, 0.25) is 25.7 Å². The van der Waals surface area contributed by atoms with Gasteiger partial charge in [0.15, 0.2) is 0 Å². The van der Waals surface area contributed by atoms with Gasteiger partial charge in [0.05, 0.1) is 0 Å². The minimum Gasteiger partial charge on any atom is -0.0695 e. The zero-order valence-electron chi connectivity index (χ0n) is 30.8. The fourth-order valence-corrected chi connectivity index (χ4v) is 8.26. The van der Waals surface area contributed by atoms with E-state index in [1.807, 2.05) is 0 Å². The summed E-state index contributed by atoms with van der Waals surface area (Å²) in [6.45, 7) is 12.2. The SMILES string of the molecule is CCCCCCCCCCC(CCCCCCCCC)CCCCCCCCCCCCCCCCCC[Si](C)(C)C. The Bertz CT molecular complexity index is 478. The second-order valence-electron chi connectivity index (χ2n) is 15.8. The van der Waals surface area contributed by atoms with Gasteiger partial charge in [-0.05, 0) is 5.92 Å². The summed E-state index contributed by atoms with van der Waals surface area (Å²) in [7, 11) is -0.791. The van der Waals surface area contributed by atoms with Crippen molar-refractivity contribution in [2.45, 2.75) is 258 Å². The Hall–Kier alpha value is 0.217. The van der Waals surface area contributed by atoms with E-state index in [1.165, 1.54) is 224 Å². The monoisotopic (exact) mass is 607 g/mol. The molecule has 0 bridgehead atoms. The molecule has 0 aromatic carbocycles. The summed E-state index contributed by atoms with van der Waals surface area (Å²) in [6, 6.07) is 1.53. The van der Waals surface area contributed by atoms with Gasteiger partial charge >= 0.3 is 0 Å². The van der Waals surface area contributed by atoms with E-state index in [-0.39, 0.29) is 0 Å². The first kappa shape index (κ1) is 42.2. The topological polar surface area (TPSA) is 0 Å². The Morgan fingerprint density at radius 2 is 0.500 bits per heavy atom. The molecule has 0 fully saturated rings. The molecule has 0 aliphatic carbocycles. The third-order valence-electron chi connectivity index (χ3n) is 9.97. The molecule has 42 heavy (non-hydrogen) atoms. The molecular formula is C41H86Si. The Morgan fingerprint density at radius 1 is 0.286 bits per heavy atom. The molecule has 0 aromatic rings. The van der Waals surface area contributed by atoms with Gasteiger partial charge in [-0.15, -0.1) is 0 Å². The number of unbranched alkanes of at least 4 members (excludes halogenated alkanes) is 28. The Morgan fingerprint density at radius 3 is 0.738 bits per heavy atom. The lowest BCUT2D eigenvalue weighted by Gasteiger charge is -2.17. The molecule has 0 N–H and O–H groups in total.